The van der Waals surface area contributed by atoms with Gasteiger partial charge in [-0.3, -0.25) is 0 Å². The van der Waals surface area contributed by atoms with Crippen LogP contribution in [0.3, 0.4) is 0 Å². The van der Waals surface area contributed by atoms with Crippen molar-refractivity contribution in [1.29, 1.82) is 0 Å². The molecule has 3 nitrogen and oxygen atoms in total. The fraction of sp³-hybridized carbons (Fsp3) is 0.333. The van der Waals surface area contributed by atoms with Crippen molar-refractivity contribution in [1.82, 2.24) is 9.97 Å². The molecule has 2 heterocycles. The smallest absolute Gasteiger partial charge is 0.161 e. The summed E-state index contributed by atoms with van der Waals surface area (Å²) < 4.78 is 13.4. The molecular weight excluding hydrogens is 241 g/mol. The van der Waals surface area contributed by atoms with E-state index in [0.29, 0.717) is 5.82 Å². The summed E-state index contributed by atoms with van der Waals surface area (Å²) in [6.45, 7) is 4.03. The van der Waals surface area contributed by atoms with Gasteiger partial charge in [0, 0.05) is 24.8 Å². The van der Waals surface area contributed by atoms with Gasteiger partial charge in [0.1, 0.15) is 11.6 Å². The number of halogens is 1. The largest absolute Gasteiger partial charge is 0.357 e. The maximum atomic E-state index is 13.4. The van der Waals surface area contributed by atoms with Gasteiger partial charge in [-0.05, 0) is 43.5 Å². The number of hydrogen-bond acceptors (Lipinski definition) is 3. The van der Waals surface area contributed by atoms with Gasteiger partial charge in [0.05, 0.1) is 0 Å². The molecule has 19 heavy (non-hydrogen) atoms. The number of aromatic nitrogens is 2. The Kier molecular flexibility index (Phi) is 3.15. The zero-order valence-electron chi connectivity index (χ0n) is 10.9. The van der Waals surface area contributed by atoms with Crippen molar-refractivity contribution < 1.29 is 4.39 Å². The Labute approximate surface area is 112 Å². The average Bonchev–Trinajstić information content (AvgIpc) is 2.96. The molecule has 4 heteroatoms. The minimum atomic E-state index is -0.254. The molecule has 3 rings (SSSR count). The van der Waals surface area contributed by atoms with Gasteiger partial charge in [0.25, 0.3) is 0 Å². The molecule has 0 amide bonds. The lowest BCUT2D eigenvalue weighted by Gasteiger charge is -2.16. The second kappa shape index (κ2) is 4.96. The number of benzene rings is 1. The molecule has 0 unspecified atom stereocenters. The molecule has 0 radical (unpaired) electrons. The second-order valence-electron chi connectivity index (χ2n) is 4.89. The first-order valence-electron chi connectivity index (χ1n) is 6.58. The van der Waals surface area contributed by atoms with Crippen LogP contribution in [-0.2, 0) is 0 Å². The Morgan fingerprint density at radius 2 is 1.95 bits per heavy atom. The van der Waals surface area contributed by atoms with Crippen LogP contribution >= 0.6 is 0 Å². The van der Waals surface area contributed by atoms with Crippen molar-refractivity contribution in [2.45, 2.75) is 19.8 Å². The summed E-state index contributed by atoms with van der Waals surface area (Å²) in [4.78, 5) is 11.1. The fourth-order valence-electron chi connectivity index (χ4n) is 2.44. The minimum absolute atomic E-state index is 0.254. The van der Waals surface area contributed by atoms with E-state index in [2.05, 4.69) is 14.9 Å². The SMILES string of the molecule is Cc1ccc(F)cc1-c1nccc(N2CCCC2)n1. The zero-order chi connectivity index (χ0) is 13.2. The quantitative estimate of drug-likeness (QED) is 0.827. The summed E-state index contributed by atoms with van der Waals surface area (Å²) in [7, 11) is 0. The van der Waals surface area contributed by atoms with E-state index in [1.54, 1.807) is 12.3 Å². The van der Waals surface area contributed by atoms with Crippen molar-refractivity contribution in [2.75, 3.05) is 18.0 Å². The lowest BCUT2D eigenvalue weighted by Crippen LogP contribution is -2.19. The van der Waals surface area contributed by atoms with Gasteiger partial charge in [-0.15, -0.1) is 0 Å². The highest BCUT2D eigenvalue weighted by Crippen LogP contribution is 2.24. The molecule has 1 saturated heterocycles. The van der Waals surface area contributed by atoms with E-state index in [4.69, 9.17) is 0 Å². The molecule has 1 aliphatic rings. The van der Waals surface area contributed by atoms with Crippen LogP contribution in [0.5, 0.6) is 0 Å². The maximum Gasteiger partial charge on any atom is 0.161 e. The van der Waals surface area contributed by atoms with Gasteiger partial charge in [0.2, 0.25) is 0 Å². The third-order valence-electron chi connectivity index (χ3n) is 3.51. The third-order valence-corrected chi connectivity index (χ3v) is 3.51. The number of rotatable bonds is 2. The highest BCUT2D eigenvalue weighted by atomic mass is 19.1. The molecule has 0 saturated carbocycles. The summed E-state index contributed by atoms with van der Waals surface area (Å²) in [5.41, 5.74) is 1.75. The third kappa shape index (κ3) is 2.43. The summed E-state index contributed by atoms with van der Waals surface area (Å²) in [5.74, 6) is 1.28. The minimum Gasteiger partial charge on any atom is -0.357 e. The lowest BCUT2D eigenvalue weighted by atomic mass is 10.1. The van der Waals surface area contributed by atoms with E-state index in [-0.39, 0.29) is 5.82 Å². The van der Waals surface area contributed by atoms with E-state index in [0.717, 1.165) is 30.0 Å². The van der Waals surface area contributed by atoms with E-state index >= 15 is 0 Å². The Morgan fingerprint density at radius 3 is 2.74 bits per heavy atom. The van der Waals surface area contributed by atoms with Crippen molar-refractivity contribution in [3.8, 4) is 11.4 Å². The highest BCUT2D eigenvalue weighted by Gasteiger charge is 2.15. The van der Waals surface area contributed by atoms with Crippen molar-refractivity contribution in [3.63, 3.8) is 0 Å². The molecule has 0 aliphatic carbocycles. The summed E-state index contributed by atoms with van der Waals surface area (Å²) in [6, 6.07) is 6.64. The normalized spacial score (nSPS) is 14.9. The zero-order valence-corrected chi connectivity index (χ0v) is 10.9. The first kappa shape index (κ1) is 12.1. The van der Waals surface area contributed by atoms with E-state index < -0.39 is 0 Å². The Hall–Kier alpha value is -1.97. The number of nitrogens with zero attached hydrogens (tertiary/aromatic N) is 3. The van der Waals surface area contributed by atoms with Crippen LogP contribution < -0.4 is 4.90 Å². The topological polar surface area (TPSA) is 29.0 Å². The van der Waals surface area contributed by atoms with Gasteiger partial charge in [0.15, 0.2) is 5.82 Å². The van der Waals surface area contributed by atoms with Gasteiger partial charge in [-0.2, -0.15) is 0 Å². The molecule has 0 spiro atoms. The predicted octanol–water partition coefficient (Wildman–Crippen LogP) is 3.19. The highest BCUT2D eigenvalue weighted by molar-refractivity contribution is 5.61. The molecule has 1 aromatic heterocycles. The molecule has 1 aliphatic heterocycles. The van der Waals surface area contributed by atoms with Crippen molar-refractivity contribution in [2.24, 2.45) is 0 Å². The molecule has 0 N–H and O–H groups in total. The molecule has 0 atom stereocenters. The fourth-order valence-corrected chi connectivity index (χ4v) is 2.44. The molecule has 2 aromatic rings. The van der Waals surface area contributed by atoms with Crippen LogP contribution in [0.15, 0.2) is 30.5 Å². The van der Waals surface area contributed by atoms with Crippen LogP contribution in [0.1, 0.15) is 18.4 Å². The van der Waals surface area contributed by atoms with Crippen LogP contribution in [0.25, 0.3) is 11.4 Å². The monoisotopic (exact) mass is 257 g/mol. The first-order chi connectivity index (χ1) is 9.24. The molecule has 0 bridgehead atoms. The summed E-state index contributed by atoms with van der Waals surface area (Å²) in [6.07, 6.45) is 4.16. The molecule has 98 valence electrons. The molecular formula is C15H16FN3. The Bertz CT molecular complexity index is 592. The van der Waals surface area contributed by atoms with E-state index in [1.165, 1.54) is 25.0 Å². The Morgan fingerprint density at radius 1 is 1.16 bits per heavy atom. The molecule has 1 aromatic carbocycles. The maximum absolute atomic E-state index is 13.4. The standard InChI is InChI=1S/C15H16FN3/c1-11-4-5-12(16)10-13(11)15-17-7-6-14(18-15)19-8-2-3-9-19/h4-7,10H,2-3,8-9H2,1H3. The van der Waals surface area contributed by atoms with Crippen molar-refractivity contribution >= 4 is 5.82 Å². The summed E-state index contributed by atoms with van der Waals surface area (Å²) in [5, 5.41) is 0. The van der Waals surface area contributed by atoms with Crippen molar-refractivity contribution in [3.05, 3.63) is 41.8 Å². The Balaban J connectivity index is 2.00. The lowest BCUT2D eigenvalue weighted by molar-refractivity contribution is 0.627. The van der Waals surface area contributed by atoms with Gasteiger partial charge >= 0.3 is 0 Å². The van der Waals surface area contributed by atoms with Gasteiger partial charge in [-0.25, -0.2) is 14.4 Å². The van der Waals surface area contributed by atoms with Crippen LogP contribution in [0, 0.1) is 12.7 Å². The predicted molar refractivity (Wildman–Crippen MR) is 73.6 cm³/mol. The first-order valence-corrected chi connectivity index (χ1v) is 6.58. The number of aryl methyl sites for hydroxylation is 1. The number of hydrogen-bond donors (Lipinski definition) is 0. The van der Waals surface area contributed by atoms with E-state index in [9.17, 15) is 4.39 Å². The molecule has 1 fully saturated rings. The average molecular weight is 257 g/mol. The van der Waals surface area contributed by atoms with Gasteiger partial charge < -0.3 is 4.90 Å². The van der Waals surface area contributed by atoms with Crippen LogP contribution in [-0.4, -0.2) is 23.1 Å². The van der Waals surface area contributed by atoms with E-state index in [1.807, 2.05) is 13.0 Å². The van der Waals surface area contributed by atoms with Crippen LogP contribution in [0.2, 0.25) is 0 Å². The van der Waals surface area contributed by atoms with Crippen LogP contribution in [0.4, 0.5) is 10.2 Å². The van der Waals surface area contributed by atoms with Gasteiger partial charge in [-0.1, -0.05) is 6.07 Å². The second-order valence-corrected chi connectivity index (χ2v) is 4.89. The number of anilines is 1. The summed E-state index contributed by atoms with van der Waals surface area (Å²) >= 11 is 0.